The zero-order valence-corrected chi connectivity index (χ0v) is 18.0. The molecule has 6 heteroatoms. The number of halogens is 1. The summed E-state index contributed by atoms with van der Waals surface area (Å²) in [5.41, 5.74) is 5.18. The maximum atomic E-state index is 14.1. The fourth-order valence-corrected chi connectivity index (χ4v) is 4.06. The van der Waals surface area contributed by atoms with Gasteiger partial charge in [-0.3, -0.25) is 9.80 Å². The number of hydrogen-bond acceptors (Lipinski definition) is 4. The molecule has 0 radical (unpaired) electrons. The van der Waals surface area contributed by atoms with Gasteiger partial charge < -0.3 is 5.11 Å². The van der Waals surface area contributed by atoms with E-state index in [-0.39, 0.29) is 12.4 Å². The fraction of sp³-hybridized carbons (Fsp3) is 0.522. The largest absolute Gasteiger partial charge is 0.396 e. The molecule has 1 aliphatic heterocycles. The first-order valence-corrected chi connectivity index (χ1v) is 10.4. The van der Waals surface area contributed by atoms with Crippen LogP contribution in [0.2, 0.25) is 0 Å². The van der Waals surface area contributed by atoms with E-state index in [1.165, 1.54) is 11.6 Å². The van der Waals surface area contributed by atoms with Crippen LogP contribution in [0.3, 0.4) is 0 Å². The number of aliphatic hydroxyl groups excluding tert-OH is 1. The van der Waals surface area contributed by atoms with Crippen LogP contribution in [0.25, 0.3) is 5.69 Å². The molecule has 3 rings (SSSR count). The maximum Gasteiger partial charge on any atom is 0.123 e. The Morgan fingerprint density at radius 2 is 2.03 bits per heavy atom. The highest BCUT2D eigenvalue weighted by Crippen LogP contribution is 2.22. The first-order chi connectivity index (χ1) is 13.9. The van der Waals surface area contributed by atoms with Crippen molar-refractivity contribution < 1.29 is 9.50 Å². The molecule has 0 bridgehead atoms. The molecule has 1 aliphatic rings. The number of piperazine rings is 1. The Kier molecular flexibility index (Phi) is 7.22. The van der Waals surface area contributed by atoms with Gasteiger partial charge in [0.25, 0.3) is 0 Å². The number of hydrogen-bond donors (Lipinski definition) is 1. The quantitative estimate of drug-likeness (QED) is 0.723. The molecule has 1 saturated heterocycles. The third-order valence-electron chi connectivity index (χ3n) is 5.56. The zero-order chi connectivity index (χ0) is 21.0. The van der Waals surface area contributed by atoms with Crippen molar-refractivity contribution in [2.45, 2.75) is 46.7 Å². The van der Waals surface area contributed by atoms with Crippen LogP contribution < -0.4 is 0 Å². The molecule has 29 heavy (non-hydrogen) atoms. The second-order valence-corrected chi connectivity index (χ2v) is 8.29. The summed E-state index contributed by atoms with van der Waals surface area (Å²) >= 11 is 0. The number of rotatable bonds is 7. The molecule has 1 atom stereocenters. The van der Waals surface area contributed by atoms with Crippen molar-refractivity contribution in [1.82, 2.24) is 19.6 Å². The van der Waals surface area contributed by atoms with Gasteiger partial charge in [0.15, 0.2) is 0 Å². The van der Waals surface area contributed by atoms with Crippen LogP contribution in [0.15, 0.2) is 35.9 Å². The van der Waals surface area contributed by atoms with E-state index in [4.69, 9.17) is 0 Å². The Morgan fingerprint density at radius 3 is 2.69 bits per heavy atom. The molecule has 5 nitrogen and oxygen atoms in total. The van der Waals surface area contributed by atoms with Gasteiger partial charge in [-0.15, -0.1) is 0 Å². The third-order valence-corrected chi connectivity index (χ3v) is 5.56. The van der Waals surface area contributed by atoms with Crippen LogP contribution in [-0.2, 0) is 6.54 Å². The van der Waals surface area contributed by atoms with Gasteiger partial charge in [0.2, 0.25) is 0 Å². The summed E-state index contributed by atoms with van der Waals surface area (Å²) in [4.78, 5) is 4.80. The number of aromatic nitrogens is 2. The summed E-state index contributed by atoms with van der Waals surface area (Å²) in [6.45, 7) is 12.7. The number of nitrogens with zero attached hydrogens (tertiary/aromatic N) is 4. The van der Waals surface area contributed by atoms with Crippen LogP contribution in [0.4, 0.5) is 4.39 Å². The van der Waals surface area contributed by atoms with E-state index in [0.29, 0.717) is 12.6 Å². The average molecular weight is 401 g/mol. The van der Waals surface area contributed by atoms with E-state index >= 15 is 0 Å². The van der Waals surface area contributed by atoms with Crippen molar-refractivity contribution >= 4 is 0 Å². The predicted octanol–water partition coefficient (Wildman–Crippen LogP) is 3.46. The Labute approximate surface area is 173 Å². The summed E-state index contributed by atoms with van der Waals surface area (Å²) in [6, 6.07) is 7.28. The van der Waals surface area contributed by atoms with Gasteiger partial charge in [-0.1, -0.05) is 11.6 Å². The van der Waals surface area contributed by atoms with E-state index in [0.717, 1.165) is 55.2 Å². The van der Waals surface area contributed by atoms with E-state index in [1.807, 2.05) is 30.7 Å². The highest BCUT2D eigenvalue weighted by Gasteiger charge is 2.26. The SMILES string of the molecule is CC(C)=CCN1CCN(Cc2cc(F)ccc2-n2nc(C)cc2C)C[C@@H]1CCO. The molecule has 0 unspecified atom stereocenters. The van der Waals surface area contributed by atoms with Crippen LogP contribution in [0.1, 0.15) is 37.2 Å². The van der Waals surface area contributed by atoms with Crippen LogP contribution >= 0.6 is 0 Å². The molecular weight excluding hydrogens is 367 g/mol. The lowest BCUT2D eigenvalue weighted by Crippen LogP contribution is -2.53. The summed E-state index contributed by atoms with van der Waals surface area (Å²) in [5, 5.41) is 14.1. The highest BCUT2D eigenvalue weighted by molar-refractivity contribution is 5.42. The average Bonchev–Trinajstić information content (AvgIpc) is 2.99. The third kappa shape index (κ3) is 5.53. The number of aryl methyl sites for hydroxylation is 2. The van der Waals surface area contributed by atoms with Crippen molar-refractivity contribution in [3.05, 3.63) is 58.7 Å². The first kappa shape index (κ1) is 21.7. The lowest BCUT2D eigenvalue weighted by molar-refractivity contribution is 0.0636. The molecule has 158 valence electrons. The smallest absolute Gasteiger partial charge is 0.123 e. The van der Waals surface area contributed by atoms with Gasteiger partial charge >= 0.3 is 0 Å². The molecule has 2 aromatic rings. The second kappa shape index (κ2) is 9.65. The molecular formula is C23H33FN4O. The Hall–Kier alpha value is -2.02. The zero-order valence-electron chi connectivity index (χ0n) is 18.0. The van der Waals surface area contributed by atoms with Gasteiger partial charge in [0.05, 0.1) is 11.4 Å². The predicted molar refractivity (Wildman–Crippen MR) is 115 cm³/mol. The molecule has 1 N–H and O–H groups in total. The van der Waals surface area contributed by atoms with Crippen molar-refractivity contribution in [3.63, 3.8) is 0 Å². The van der Waals surface area contributed by atoms with Crippen molar-refractivity contribution in [2.24, 2.45) is 0 Å². The highest BCUT2D eigenvalue weighted by atomic mass is 19.1. The molecule has 0 amide bonds. The standard InChI is InChI=1S/C23H33FN4O/c1-17(2)7-9-27-11-10-26(16-22(27)8-12-29)15-20-14-21(24)5-6-23(20)28-19(4)13-18(3)25-28/h5-7,13-14,22,29H,8-12,15-16H2,1-4H3/t22-/m0/s1. The van der Waals surface area contributed by atoms with Gasteiger partial charge in [-0.2, -0.15) is 5.10 Å². The summed E-state index contributed by atoms with van der Waals surface area (Å²) in [6.07, 6.45) is 2.99. The molecule has 0 aliphatic carbocycles. The van der Waals surface area contributed by atoms with Gasteiger partial charge in [0.1, 0.15) is 5.82 Å². The first-order valence-electron chi connectivity index (χ1n) is 10.4. The molecule has 2 heterocycles. The number of aliphatic hydroxyl groups is 1. The maximum absolute atomic E-state index is 14.1. The molecule has 0 saturated carbocycles. The second-order valence-electron chi connectivity index (χ2n) is 8.29. The number of allylic oxidation sites excluding steroid dienone is 1. The van der Waals surface area contributed by atoms with Crippen molar-refractivity contribution in [1.29, 1.82) is 0 Å². The fourth-order valence-electron chi connectivity index (χ4n) is 4.06. The lowest BCUT2D eigenvalue weighted by Gasteiger charge is -2.41. The van der Waals surface area contributed by atoms with E-state index < -0.39 is 0 Å². The van der Waals surface area contributed by atoms with E-state index in [2.05, 4.69) is 34.8 Å². The van der Waals surface area contributed by atoms with Crippen LogP contribution in [0, 0.1) is 19.7 Å². The minimum atomic E-state index is -0.223. The Morgan fingerprint density at radius 1 is 1.24 bits per heavy atom. The van der Waals surface area contributed by atoms with E-state index in [1.54, 1.807) is 6.07 Å². The normalized spacial score (nSPS) is 18.2. The summed E-state index contributed by atoms with van der Waals surface area (Å²) in [5.74, 6) is -0.223. The van der Waals surface area contributed by atoms with Crippen LogP contribution in [0.5, 0.6) is 0 Å². The molecule has 1 fully saturated rings. The van der Waals surface area contributed by atoms with Crippen LogP contribution in [-0.4, -0.2) is 63.5 Å². The Balaban J connectivity index is 1.79. The van der Waals surface area contributed by atoms with E-state index in [9.17, 15) is 9.50 Å². The number of benzene rings is 1. The monoisotopic (exact) mass is 400 g/mol. The van der Waals surface area contributed by atoms with Gasteiger partial charge in [-0.05, 0) is 63.9 Å². The molecule has 1 aromatic carbocycles. The molecule has 1 aromatic heterocycles. The minimum absolute atomic E-state index is 0.181. The summed E-state index contributed by atoms with van der Waals surface area (Å²) in [7, 11) is 0. The van der Waals surface area contributed by atoms with Crippen molar-refractivity contribution in [2.75, 3.05) is 32.8 Å². The van der Waals surface area contributed by atoms with Crippen molar-refractivity contribution in [3.8, 4) is 5.69 Å². The van der Waals surface area contributed by atoms with Gasteiger partial charge in [-0.25, -0.2) is 9.07 Å². The van der Waals surface area contributed by atoms with Gasteiger partial charge in [0, 0.05) is 51.1 Å². The lowest BCUT2D eigenvalue weighted by atomic mass is 10.1. The molecule has 0 spiro atoms. The Bertz CT molecular complexity index is 857. The summed E-state index contributed by atoms with van der Waals surface area (Å²) < 4.78 is 16.0. The topological polar surface area (TPSA) is 44.5 Å². The minimum Gasteiger partial charge on any atom is -0.396 e.